The second kappa shape index (κ2) is 5.18. The van der Waals surface area contributed by atoms with Crippen molar-refractivity contribution in [1.29, 1.82) is 0 Å². The van der Waals surface area contributed by atoms with Gasteiger partial charge < -0.3 is 0 Å². The third-order valence-corrected chi connectivity index (χ3v) is 3.07. The van der Waals surface area contributed by atoms with Crippen molar-refractivity contribution in [3.8, 4) is 0 Å². The summed E-state index contributed by atoms with van der Waals surface area (Å²) >= 11 is 0. The van der Waals surface area contributed by atoms with Crippen LogP contribution in [0.5, 0.6) is 0 Å². The first-order chi connectivity index (χ1) is 9.35. The molecule has 0 fully saturated rings. The molecule has 0 aliphatic carbocycles. The molecule has 1 aromatic carbocycles. The molecule has 0 aliphatic heterocycles. The van der Waals surface area contributed by atoms with Crippen molar-refractivity contribution < 1.29 is 0 Å². The molecule has 0 amide bonds. The van der Waals surface area contributed by atoms with Crippen LogP contribution in [0.2, 0.25) is 0 Å². The second-order valence-corrected chi connectivity index (χ2v) is 4.65. The van der Waals surface area contributed by atoms with Gasteiger partial charge in [-0.25, -0.2) is 4.68 Å². The Balaban J connectivity index is 1.83. The summed E-state index contributed by atoms with van der Waals surface area (Å²) in [6.45, 7) is 2.81. The van der Waals surface area contributed by atoms with Gasteiger partial charge in [-0.3, -0.25) is 4.98 Å². The van der Waals surface area contributed by atoms with Gasteiger partial charge in [0.05, 0.1) is 23.4 Å². The van der Waals surface area contributed by atoms with Crippen LogP contribution in [0.4, 0.5) is 0 Å². The number of fused-ring (bicyclic) bond motifs is 1. The molecular formula is C15H16N4. The van der Waals surface area contributed by atoms with Crippen molar-refractivity contribution in [1.82, 2.24) is 20.0 Å². The summed E-state index contributed by atoms with van der Waals surface area (Å²) in [4.78, 5) is 4.64. The molecule has 3 aromatic rings. The number of hydrogen-bond acceptors (Lipinski definition) is 3. The highest BCUT2D eigenvalue weighted by molar-refractivity contribution is 5.78. The highest BCUT2D eigenvalue weighted by atomic mass is 15.4. The standard InChI is InChI=1S/C15H16N4/c1-2-5-14-11-19(18-17-14)10-13-9-8-12-6-3-4-7-15(12)16-13/h3-4,6-9,11H,2,5,10H2,1H3. The Morgan fingerprint density at radius 1 is 1.05 bits per heavy atom. The highest BCUT2D eigenvalue weighted by Gasteiger charge is 2.02. The second-order valence-electron chi connectivity index (χ2n) is 4.65. The zero-order chi connectivity index (χ0) is 13.1. The van der Waals surface area contributed by atoms with E-state index in [4.69, 9.17) is 0 Å². The van der Waals surface area contributed by atoms with E-state index >= 15 is 0 Å². The van der Waals surface area contributed by atoms with E-state index < -0.39 is 0 Å². The fraction of sp³-hybridized carbons (Fsp3) is 0.267. The number of nitrogens with zero attached hydrogens (tertiary/aromatic N) is 4. The van der Waals surface area contributed by atoms with Crippen LogP contribution in [0.1, 0.15) is 24.7 Å². The lowest BCUT2D eigenvalue weighted by molar-refractivity contribution is 0.639. The molecule has 0 N–H and O–H groups in total. The van der Waals surface area contributed by atoms with Gasteiger partial charge in [0.1, 0.15) is 0 Å². The van der Waals surface area contributed by atoms with E-state index in [1.54, 1.807) is 0 Å². The summed E-state index contributed by atoms with van der Waals surface area (Å²) in [5.41, 5.74) is 3.07. The average molecular weight is 252 g/mol. The molecule has 96 valence electrons. The third kappa shape index (κ3) is 2.62. The summed E-state index contributed by atoms with van der Waals surface area (Å²) in [6.07, 6.45) is 4.07. The first-order valence-corrected chi connectivity index (χ1v) is 6.59. The minimum atomic E-state index is 0.668. The van der Waals surface area contributed by atoms with E-state index in [-0.39, 0.29) is 0 Å². The van der Waals surface area contributed by atoms with Crippen LogP contribution >= 0.6 is 0 Å². The lowest BCUT2D eigenvalue weighted by Gasteiger charge is -2.02. The van der Waals surface area contributed by atoms with Gasteiger partial charge in [-0.15, -0.1) is 5.10 Å². The third-order valence-electron chi connectivity index (χ3n) is 3.07. The molecule has 0 atom stereocenters. The summed E-state index contributed by atoms with van der Waals surface area (Å²) < 4.78 is 1.85. The molecule has 0 aliphatic rings. The fourth-order valence-corrected chi connectivity index (χ4v) is 2.15. The number of para-hydroxylation sites is 1. The molecule has 4 nitrogen and oxygen atoms in total. The lowest BCUT2D eigenvalue weighted by Crippen LogP contribution is -2.02. The maximum absolute atomic E-state index is 4.64. The summed E-state index contributed by atoms with van der Waals surface area (Å²) in [5, 5.41) is 9.45. The molecule has 0 radical (unpaired) electrons. The van der Waals surface area contributed by atoms with E-state index in [9.17, 15) is 0 Å². The predicted molar refractivity (Wildman–Crippen MR) is 74.9 cm³/mol. The molecule has 2 heterocycles. The van der Waals surface area contributed by atoms with Crippen LogP contribution < -0.4 is 0 Å². The smallest absolute Gasteiger partial charge is 0.0849 e. The van der Waals surface area contributed by atoms with Crippen molar-refractivity contribution in [2.24, 2.45) is 0 Å². The van der Waals surface area contributed by atoms with Gasteiger partial charge in [0.15, 0.2) is 0 Å². The zero-order valence-electron chi connectivity index (χ0n) is 11.0. The Morgan fingerprint density at radius 3 is 2.84 bits per heavy atom. The molecule has 4 heteroatoms. The predicted octanol–water partition coefficient (Wildman–Crippen LogP) is 2.83. The number of hydrogen-bond donors (Lipinski definition) is 0. The number of rotatable bonds is 4. The van der Waals surface area contributed by atoms with Gasteiger partial charge in [-0.1, -0.05) is 42.8 Å². The molecule has 0 spiro atoms. The highest BCUT2D eigenvalue weighted by Crippen LogP contribution is 2.12. The lowest BCUT2D eigenvalue weighted by atomic mass is 10.2. The van der Waals surface area contributed by atoms with Crippen LogP contribution in [0.25, 0.3) is 10.9 Å². The van der Waals surface area contributed by atoms with Gasteiger partial charge in [0.2, 0.25) is 0 Å². The average Bonchev–Trinajstić information content (AvgIpc) is 2.86. The minimum Gasteiger partial charge on any atom is -0.251 e. The van der Waals surface area contributed by atoms with Crippen LogP contribution in [0.3, 0.4) is 0 Å². The Morgan fingerprint density at radius 2 is 1.95 bits per heavy atom. The van der Waals surface area contributed by atoms with Crippen LogP contribution in [-0.2, 0) is 13.0 Å². The molecule has 19 heavy (non-hydrogen) atoms. The minimum absolute atomic E-state index is 0.668. The SMILES string of the molecule is CCCc1cn(Cc2ccc3ccccc3n2)nn1. The molecule has 0 saturated carbocycles. The van der Waals surface area contributed by atoms with Crippen LogP contribution in [0.15, 0.2) is 42.6 Å². The quantitative estimate of drug-likeness (QED) is 0.717. The zero-order valence-corrected chi connectivity index (χ0v) is 11.0. The van der Waals surface area contributed by atoms with Gasteiger partial charge in [0.25, 0.3) is 0 Å². The van der Waals surface area contributed by atoms with Gasteiger partial charge in [-0.05, 0) is 18.6 Å². The molecular weight excluding hydrogens is 236 g/mol. The molecule has 0 unspecified atom stereocenters. The Hall–Kier alpha value is -2.23. The van der Waals surface area contributed by atoms with E-state index in [0.717, 1.165) is 35.1 Å². The van der Waals surface area contributed by atoms with E-state index in [1.807, 2.05) is 35.1 Å². The Labute approximate surface area is 112 Å². The molecule has 0 saturated heterocycles. The Kier molecular flexibility index (Phi) is 3.23. The van der Waals surface area contributed by atoms with Gasteiger partial charge in [-0.2, -0.15) is 0 Å². The maximum Gasteiger partial charge on any atom is 0.0849 e. The summed E-state index contributed by atoms with van der Waals surface area (Å²) in [5.74, 6) is 0. The monoisotopic (exact) mass is 252 g/mol. The van der Waals surface area contributed by atoms with E-state index in [1.165, 1.54) is 0 Å². The largest absolute Gasteiger partial charge is 0.251 e. The van der Waals surface area contributed by atoms with Crippen molar-refractivity contribution in [3.63, 3.8) is 0 Å². The maximum atomic E-state index is 4.64. The van der Waals surface area contributed by atoms with Crippen LogP contribution in [-0.4, -0.2) is 20.0 Å². The van der Waals surface area contributed by atoms with Crippen molar-refractivity contribution in [2.45, 2.75) is 26.3 Å². The van der Waals surface area contributed by atoms with E-state index in [0.29, 0.717) is 6.54 Å². The first kappa shape index (κ1) is 11.8. The van der Waals surface area contributed by atoms with Crippen LogP contribution in [0, 0.1) is 0 Å². The van der Waals surface area contributed by atoms with Crippen molar-refractivity contribution in [3.05, 3.63) is 54.0 Å². The van der Waals surface area contributed by atoms with Gasteiger partial charge in [0, 0.05) is 11.6 Å². The first-order valence-electron chi connectivity index (χ1n) is 6.59. The summed E-state index contributed by atoms with van der Waals surface area (Å²) in [7, 11) is 0. The normalized spacial score (nSPS) is 11.0. The van der Waals surface area contributed by atoms with Crippen molar-refractivity contribution in [2.75, 3.05) is 0 Å². The summed E-state index contributed by atoms with van der Waals surface area (Å²) in [6, 6.07) is 12.3. The molecule has 3 rings (SSSR count). The van der Waals surface area contributed by atoms with Gasteiger partial charge >= 0.3 is 0 Å². The van der Waals surface area contributed by atoms with Crippen molar-refractivity contribution >= 4 is 10.9 Å². The van der Waals surface area contributed by atoms with E-state index in [2.05, 4.69) is 34.4 Å². The molecule has 2 aromatic heterocycles. The number of pyridine rings is 1. The topological polar surface area (TPSA) is 43.6 Å². The number of aryl methyl sites for hydroxylation is 1. The fourth-order valence-electron chi connectivity index (χ4n) is 2.15. The molecule has 0 bridgehead atoms. The number of aromatic nitrogens is 4. The Bertz CT molecular complexity index is 687. The number of benzene rings is 1.